The van der Waals surface area contributed by atoms with Crippen molar-refractivity contribution in [1.29, 1.82) is 0 Å². The molecule has 0 saturated carbocycles. The van der Waals surface area contributed by atoms with Gasteiger partial charge in [-0.1, -0.05) is 212 Å². The number of nitrogens with one attached hydrogen (secondary N) is 1. The number of benzene rings is 9. The molecule has 2 heterocycles. The van der Waals surface area contributed by atoms with Gasteiger partial charge in [-0.05, 0) is 118 Å². The van der Waals surface area contributed by atoms with E-state index in [9.17, 15) is 48.9 Å². The summed E-state index contributed by atoms with van der Waals surface area (Å²) in [6.45, 7) is 2.65. The average molecular weight is 1330 g/mol. The Labute approximate surface area is 573 Å². The Morgan fingerprint density at radius 3 is 1.37 bits per heavy atom. The normalized spacial score (nSPS) is 11.6. The lowest BCUT2D eigenvalue weighted by atomic mass is 9.93. The molecule has 99 heavy (non-hydrogen) atoms. The predicted octanol–water partition coefficient (Wildman–Crippen LogP) is 15.3. The van der Waals surface area contributed by atoms with Crippen LogP contribution in [0.2, 0.25) is 0 Å². The van der Waals surface area contributed by atoms with Gasteiger partial charge in [0.05, 0.1) is 30.6 Å². The number of hydrogen-bond acceptors (Lipinski definition) is 13. The van der Waals surface area contributed by atoms with E-state index in [2.05, 4.69) is 9.97 Å². The second-order valence-corrected chi connectivity index (χ2v) is 23.8. The minimum absolute atomic E-state index is 0.0975. The molecule has 504 valence electrons. The maximum atomic E-state index is 13.0. The van der Waals surface area contributed by atoms with Crippen molar-refractivity contribution >= 4 is 52.3 Å². The number of carbonyl (C=O) groups is 7. The molecule has 11 aromatic rings. The molecule has 0 aliphatic carbocycles. The maximum absolute atomic E-state index is 13.0. The number of Topliss-reactive ketones (excluding diaryl/α,β-unsaturated/α-hetero) is 2. The van der Waals surface area contributed by atoms with Gasteiger partial charge in [0.2, 0.25) is 0 Å². The van der Waals surface area contributed by atoms with E-state index in [0.29, 0.717) is 38.2 Å². The number of oxazole rings is 1. The van der Waals surface area contributed by atoms with Gasteiger partial charge in [0.25, 0.3) is 0 Å². The zero-order chi connectivity index (χ0) is 69.7. The SMILES string of the molecule is CC(=O)Cc1cccc(-c2ccc(Cc3ocnc3C(=O)C[C@@H](Cc3ccccc3)C(=O)O)cc2)c1.O=C(C[C@@H](Cc1ccccc1)C(=O)O)OCc1ccc(COc2cccc3[nH]ccc23)cc1.O=C(C[C@@H](Cc1ccccc1)C(=O)O)OCc1ccc(COc2ccccc2)cc1. The maximum Gasteiger partial charge on any atom is 0.307 e. The topological polar surface area (TPSA) is 259 Å². The highest BCUT2D eigenvalue weighted by Gasteiger charge is 2.27. The Hall–Kier alpha value is -12.0. The fourth-order valence-corrected chi connectivity index (χ4v) is 10.9. The first kappa shape index (κ1) is 71.3. The zero-order valence-corrected chi connectivity index (χ0v) is 54.7. The number of esters is 2. The third kappa shape index (κ3) is 23.1. The molecule has 0 bridgehead atoms. The lowest BCUT2D eigenvalue weighted by molar-refractivity contribution is -0.152. The van der Waals surface area contributed by atoms with Gasteiger partial charge in [-0.15, -0.1) is 0 Å². The molecule has 0 amide bonds. The molecule has 0 aliphatic rings. The standard InChI is InChI=1S/C30H27NO5.C27H25NO5.C25H24O5/c1-20(32)14-23-8-5-9-25(16-23)24-12-10-22(11-13-24)17-28-29(31-19-36-28)27(33)18-26(30(34)35)15-21-6-3-2-4-7-21;29-26(16-22(27(30)31)15-19-5-2-1-3-6-19)33-18-21-11-9-20(10-12-21)17-32-25-8-4-7-24-23(25)13-14-28-24;26-24(16-22(25(27)28)15-19-7-3-1-4-8-19)30-18-21-13-11-20(12-14-21)17-29-23-9-5-2-6-10-23/h2-13,16,19,26H,14-15,17-18H2,1H3,(H,34,35);1-14,22,28H,15-18H2,(H,30,31);1-14,22H,15-18H2,(H,27,28)/t26-;2*22-/m111/s1. The van der Waals surface area contributed by atoms with Crippen molar-refractivity contribution in [2.75, 3.05) is 0 Å². The molecule has 9 aromatic carbocycles. The Balaban J connectivity index is 0.000000174. The number of aromatic amines is 1. The molecule has 0 aliphatic heterocycles. The second kappa shape index (κ2) is 36.8. The number of fused-ring (bicyclic) bond motifs is 1. The van der Waals surface area contributed by atoms with E-state index >= 15 is 0 Å². The number of nitrogens with zero attached hydrogens (tertiary/aromatic N) is 1. The van der Waals surface area contributed by atoms with Gasteiger partial charge in [-0.2, -0.15) is 0 Å². The lowest BCUT2D eigenvalue weighted by Crippen LogP contribution is -2.21. The number of carbonyl (C=O) groups excluding carboxylic acids is 4. The van der Waals surface area contributed by atoms with Gasteiger partial charge in [0.15, 0.2) is 12.2 Å². The second-order valence-electron chi connectivity index (χ2n) is 23.8. The summed E-state index contributed by atoms with van der Waals surface area (Å²) in [5.41, 5.74) is 11.4. The van der Waals surface area contributed by atoms with E-state index in [4.69, 9.17) is 23.4 Å². The number of H-pyrrole nitrogens is 1. The van der Waals surface area contributed by atoms with Crippen molar-refractivity contribution in [1.82, 2.24) is 9.97 Å². The Kier molecular flexibility index (Phi) is 26.5. The Bertz CT molecular complexity index is 4400. The number of aliphatic carboxylic acids is 3. The minimum Gasteiger partial charge on any atom is -0.489 e. The van der Waals surface area contributed by atoms with Crippen LogP contribution in [0.5, 0.6) is 11.5 Å². The molecule has 11 rings (SSSR count). The number of ketones is 2. The van der Waals surface area contributed by atoms with E-state index in [1.807, 2.05) is 249 Å². The minimum atomic E-state index is -1.01. The summed E-state index contributed by atoms with van der Waals surface area (Å²) in [6.07, 6.45) is 4.25. The van der Waals surface area contributed by atoms with Gasteiger partial charge in [0, 0.05) is 36.4 Å². The highest BCUT2D eigenvalue weighted by Crippen LogP contribution is 2.28. The number of ether oxygens (including phenoxy) is 4. The van der Waals surface area contributed by atoms with Gasteiger partial charge >= 0.3 is 29.8 Å². The number of hydrogen-bond donors (Lipinski definition) is 4. The van der Waals surface area contributed by atoms with Gasteiger partial charge in [-0.3, -0.25) is 33.6 Å². The number of carboxylic acids is 3. The molecule has 4 N–H and O–H groups in total. The molecular formula is C82H76N2O15. The van der Waals surface area contributed by atoms with Gasteiger partial charge in [0.1, 0.15) is 55.2 Å². The molecule has 3 atom stereocenters. The van der Waals surface area contributed by atoms with E-state index in [0.717, 1.165) is 83.6 Å². The summed E-state index contributed by atoms with van der Waals surface area (Å²) >= 11 is 0. The van der Waals surface area contributed by atoms with Crippen LogP contribution < -0.4 is 9.47 Å². The quantitative estimate of drug-likeness (QED) is 0.0233. The van der Waals surface area contributed by atoms with Crippen LogP contribution in [-0.2, 0) is 96.8 Å². The molecule has 0 saturated heterocycles. The molecule has 0 spiro atoms. The third-order valence-corrected chi connectivity index (χ3v) is 16.2. The molecular weight excluding hydrogens is 1250 g/mol. The average Bonchev–Trinajstić information content (AvgIpc) is 1.85. The molecule has 0 unspecified atom stereocenters. The Morgan fingerprint density at radius 2 is 0.879 bits per heavy atom. The van der Waals surface area contributed by atoms with Crippen LogP contribution in [0, 0.1) is 17.8 Å². The zero-order valence-electron chi connectivity index (χ0n) is 54.7. The molecule has 0 radical (unpaired) electrons. The summed E-state index contributed by atoms with van der Waals surface area (Å²) in [4.78, 5) is 90.9. The van der Waals surface area contributed by atoms with Crippen molar-refractivity contribution in [3.8, 4) is 22.6 Å². The smallest absolute Gasteiger partial charge is 0.307 e. The van der Waals surface area contributed by atoms with Crippen LogP contribution >= 0.6 is 0 Å². The number of rotatable bonds is 31. The fourth-order valence-electron chi connectivity index (χ4n) is 10.9. The number of carboxylic acid groups (broad SMARTS) is 3. The summed E-state index contributed by atoms with van der Waals surface area (Å²) in [6, 6.07) is 76.2. The predicted molar refractivity (Wildman–Crippen MR) is 373 cm³/mol. The van der Waals surface area contributed by atoms with Crippen molar-refractivity contribution < 1.29 is 72.2 Å². The highest BCUT2D eigenvalue weighted by atomic mass is 16.5. The van der Waals surface area contributed by atoms with Gasteiger partial charge in [-0.25, -0.2) is 4.98 Å². The summed E-state index contributed by atoms with van der Waals surface area (Å²) < 4.78 is 27.8. The monoisotopic (exact) mass is 1330 g/mol. The number of aromatic nitrogens is 2. The first-order valence-electron chi connectivity index (χ1n) is 32.3. The Morgan fingerprint density at radius 1 is 0.434 bits per heavy atom. The first-order chi connectivity index (χ1) is 48.1. The lowest BCUT2D eigenvalue weighted by Gasteiger charge is -2.12. The van der Waals surface area contributed by atoms with Crippen LogP contribution in [0.3, 0.4) is 0 Å². The first-order valence-corrected chi connectivity index (χ1v) is 32.3. The highest BCUT2D eigenvalue weighted by molar-refractivity contribution is 5.97. The van der Waals surface area contributed by atoms with E-state index in [1.54, 1.807) is 6.92 Å². The molecule has 17 nitrogen and oxygen atoms in total. The fraction of sp³-hybridized carbons (Fsp3) is 0.195. The van der Waals surface area contributed by atoms with Crippen molar-refractivity contribution in [3.05, 3.63) is 317 Å². The molecule has 2 aromatic heterocycles. The largest absolute Gasteiger partial charge is 0.489 e. The van der Waals surface area contributed by atoms with Crippen molar-refractivity contribution in [2.45, 2.75) is 84.7 Å². The van der Waals surface area contributed by atoms with Crippen LogP contribution in [-0.4, -0.2) is 66.7 Å². The third-order valence-electron chi connectivity index (χ3n) is 16.2. The van der Waals surface area contributed by atoms with Crippen molar-refractivity contribution in [2.24, 2.45) is 17.8 Å². The van der Waals surface area contributed by atoms with E-state index in [-0.39, 0.29) is 62.6 Å². The molecule has 0 fully saturated rings. The van der Waals surface area contributed by atoms with Crippen LogP contribution in [0.4, 0.5) is 0 Å². The van der Waals surface area contributed by atoms with Gasteiger partial charge < -0.3 is 43.7 Å². The summed E-state index contributed by atoms with van der Waals surface area (Å²) in [5.74, 6) is -4.72. The molecule has 17 heteroatoms. The summed E-state index contributed by atoms with van der Waals surface area (Å²) in [7, 11) is 0. The van der Waals surface area contributed by atoms with Crippen LogP contribution in [0.1, 0.15) is 92.5 Å². The summed E-state index contributed by atoms with van der Waals surface area (Å²) in [5, 5.41) is 29.6. The van der Waals surface area contributed by atoms with Crippen LogP contribution in [0.15, 0.2) is 260 Å². The van der Waals surface area contributed by atoms with Crippen molar-refractivity contribution in [3.63, 3.8) is 0 Å². The van der Waals surface area contributed by atoms with Crippen LogP contribution in [0.25, 0.3) is 22.0 Å². The number of para-hydroxylation sites is 1. The van der Waals surface area contributed by atoms with E-state index < -0.39 is 47.6 Å². The van der Waals surface area contributed by atoms with E-state index in [1.165, 1.54) is 6.39 Å².